The molecule has 142 valence electrons. The third-order valence-corrected chi connectivity index (χ3v) is 6.02. The zero-order chi connectivity index (χ0) is 19.8. The summed E-state index contributed by atoms with van der Waals surface area (Å²) in [5.41, 5.74) is 4.87. The van der Waals surface area contributed by atoms with Gasteiger partial charge in [-0.1, -0.05) is 6.07 Å². The van der Waals surface area contributed by atoms with Gasteiger partial charge < -0.3 is 11.1 Å². The summed E-state index contributed by atoms with van der Waals surface area (Å²) in [4.78, 5) is 24.5. The van der Waals surface area contributed by atoms with E-state index in [1.54, 1.807) is 19.1 Å². The summed E-state index contributed by atoms with van der Waals surface area (Å²) in [7, 11) is -2.32. The molecule has 0 radical (unpaired) electrons. The van der Waals surface area contributed by atoms with Gasteiger partial charge in [-0.3, -0.25) is 4.79 Å². The number of guanidine groups is 1. The minimum atomic E-state index is -3.64. The molecule has 0 bridgehead atoms. The molecule has 3 heterocycles. The second-order valence-corrected chi connectivity index (χ2v) is 8.19. The first kappa shape index (κ1) is 18.7. The van der Waals surface area contributed by atoms with E-state index in [0.717, 1.165) is 16.6 Å². The standard InChI is InChI=1S/C16H17FN6O3S/c1-16(9-27(25,26)23(2)15(18)22-16)12-4-3-5-13(20-12)21-14(24)11-7-6-10(17)8-19-11/h3-8H,9H2,1-2H3,(H2,18,22)(H,20,21,24)/t16-/m0/s1. The van der Waals surface area contributed by atoms with Crippen molar-refractivity contribution in [1.29, 1.82) is 0 Å². The first-order valence-electron chi connectivity index (χ1n) is 7.83. The molecule has 11 heteroatoms. The van der Waals surface area contributed by atoms with Crippen molar-refractivity contribution < 1.29 is 17.6 Å². The molecule has 2 aromatic heterocycles. The number of sulfonamides is 1. The van der Waals surface area contributed by atoms with E-state index in [9.17, 15) is 17.6 Å². The molecule has 27 heavy (non-hydrogen) atoms. The Morgan fingerprint density at radius 1 is 1.33 bits per heavy atom. The van der Waals surface area contributed by atoms with E-state index in [1.165, 1.54) is 19.2 Å². The Morgan fingerprint density at radius 3 is 2.70 bits per heavy atom. The van der Waals surface area contributed by atoms with E-state index >= 15 is 0 Å². The third-order valence-electron chi connectivity index (χ3n) is 4.07. The summed E-state index contributed by atoms with van der Waals surface area (Å²) in [5.74, 6) is -1.42. The molecule has 0 fully saturated rings. The van der Waals surface area contributed by atoms with Crippen LogP contribution in [0.4, 0.5) is 10.2 Å². The van der Waals surface area contributed by atoms with Crippen LogP contribution in [-0.2, 0) is 15.6 Å². The van der Waals surface area contributed by atoms with Crippen LogP contribution in [0.15, 0.2) is 41.5 Å². The van der Waals surface area contributed by atoms with Crippen molar-refractivity contribution >= 4 is 27.7 Å². The largest absolute Gasteiger partial charge is 0.369 e. The number of amides is 1. The topological polar surface area (TPSA) is 131 Å². The smallest absolute Gasteiger partial charge is 0.275 e. The highest BCUT2D eigenvalue weighted by molar-refractivity contribution is 7.89. The summed E-state index contributed by atoms with van der Waals surface area (Å²) in [6.07, 6.45) is 0.931. The molecule has 1 aliphatic rings. The normalized spacial score (nSPS) is 21.4. The Balaban J connectivity index is 1.89. The van der Waals surface area contributed by atoms with Gasteiger partial charge in [0.15, 0.2) is 0 Å². The second-order valence-electron chi connectivity index (χ2n) is 6.19. The number of nitrogens with one attached hydrogen (secondary N) is 1. The Morgan fingerprint density at radius 2 is 2.07 bits per heavy atom. The molecule has 3 N–H and O–H groups in total. The van der Waals surface area contributed by atoms with Crippen LogP contribution in [0.3, 0.4) is 0 Å². The van der Waals surface area contributed by atoms with Gasteiger partial charge in [0, 0.05) is 7.05 Å². The maximum Gasteiger partial charge on any atom is 0.275 e. The summed E-state index contributed by atoms with van der Waals surface area (Å²) in [6.45, 7) is 1.60. The number of carbonyl (C=O) groups excluding carboxylic acids is 1. The molecule has 1 aliphatic heterocycles. The summed E-state index contributed by atoms with van der Waals surface area (Å²) in [5, 5.41) is 2.54. The van der Waals surface area contributed by atoms with Gasteiger partial charge in [0.05, 0.1) is 11.9 Å². The molecule has 1 amide bonds. The van der Waals surface area contributed by atoms with Crippen molar-refractivity contribution in [2.75, 3.05) is 18.1 Å². The predicted octanol–water partition coefficient (Wildman–Crippen LogP) is 0.673. The van der Waals surface area contributed by atoms with E-state index in [1.807, 2.05) is 0 Å². The quantitative estimate of drug-likeness (QED) is 0.790. The molecule has 0 spiro atoms. The third kappa shape index (κ3) is 3.72. The molecule has 1 atom stereocenters. The minimum absolute atomic E-state index is 0.0129. The van der Waals surface area contributed by atoms with Crippen molar-refractivity contribution in [3.63, 3.8) is 0 Å². The first-order valence-corrected chi connectivity index (χ1v) is 9.44. The van der Waals surface area contributed by atoms with Crippen molar-refractivity contribution in [3.05, 3.63) is 53.7 Å². The molecule has 0 aliphatic carbocycles. The van der Waals surface area contributed by atoms with Gasteiger partial charge in [0.25, 0.3) is 5.91 Å². The molecule has 0 saturated heterocycles. The Hall–Kier alpha value is -3.08. The SMILES string of the molecule is CN1C(N)=N[C@](C)(c2cccc(NC(=O)c3ccc(F)cn3)n2)CS1(=O)=O. The summed E-state index contributed by atoms with van der Waals surface area (Å²) < 4.78 is 38.4. The average molecular weight is 392 g/mol. The van der Waals surface area contributed by atoms with Gasteiger partial charge in [0.1, 0.15) is 28.6 Å². The molecule has 9 nitrogen and oxygen atoms in total. The molecule has 3 rings (SSSR count). The molecular weight excluding hydrogens is 375 g/mol. The lowest BCUT2D eigenvalue weighted by molar-refractivity contribution is 0.102. The maximum atomic E-state index is 12.9. The maximum absolute atomic E-state index is 12.9. The number of carbonyl (C=O) groups is 1. The van der Waals surface area contributed by atoms with Crippen molar-refractivity contribution in [3.8, 4) is 0 Å². The van der Waals surface area contributed by atoms with Crippen LogP contribution < -0.4 is 11.1 Å². The van der Waals surface area contributed by atoms with Crippen LogP contribution in [0.25, 0.3) is 0 Å². The zero-order valence-corrected chi connectivity index (χ0v) is 15.4. The molecule has 0 saturated carbocycles. The van der Waals surface area contributed by atoms with Crippen molar-refractivity contribution in [2.45, 2.75) is 12.5 Å². The number of aromatic nitrogens is 2. The van der Waals surface area contributed by atoms with Crippen LogP contribution in [0.5, 0.6) is 0 Å². The molecule has 0 aromatic carbocycles. The highest BCUT2D eigenvalue weighted by Crippen LogP contribution is 2.31. The van der Waals surface area contributed by atoms with Gasteiger partial charge in [0.2, 0.25) is 16.0 Å². The Kier molecular flexibility index (Phi) is 4.56. The van der Waals surface area contributed by atoms with Crippen molar-refractivity contribution in [1.82, 2.24) is 14.3 Å². The van der Waals surface area contributed by atoms with Gasteiger partial charge in [-0.05, 0) is 31.2 Å². The number of rotatable bonds is 3. The average Bonchev–Trinajstić information content (AvgIpc) is 2.60. The van der Waals surface area contributed by atoms with Crippen LogP contribution in [0, 0.1) is 5.82 Å². The van der Waals surface area contributed by atoms with Crippen LogP contribution in [0.1, 0.15) is 23.1 Å². The Bertz CT molecular complexity index is 1020. The predicted molar refractivity (Wildman–Crippen MR) is 96.9 cm³/mol. The van der Waals surface area contributed by atoms with Crippen LogP contribution >= 0.6 is 0 Å². The first-order chi connectivity index (χ1) is 12.6. The fraction of sp³-hybridized carbons (Fsp3) is 0.250. The Labute approximate surface area is 155 Å². The van der Waals surface area contributed by atoms with Gasteiger partial charge in [-0.2, -0.15) is 0 Å². The lowest BCUT2D eigenvalue weighted by Crippen LogP contribution is -2.50. The number of anilines is 1. The van der Waals surface area contributed by atoms with E-state index < -0.39 is 27.3 Å². The lowest BCUT2D eigenvalue weighted by Gasteiger charge is -2.33. The van der Waals surface area contributed by atoms with E-state index in [2.05, 4.69) is 20.3 Å². The highest BCUT2D eigenvalue weighted by Gasteiger charge is 2.41. The van der Waals surface area contributed by atoms with Crippen LogP contribution in [0.2, 0.25) is 0 Å². The van der Waals surface area contributed by atoms with Crippen molar-refractivity contribution in [2.24, 2.45) is 10.7 Å². The molecule has 2 aromatic rings. The van der Waals surface area contributed by atoms with Gasteiger partial charge >= 0.3 is 0 Å². The second kappa shape index (κ2) is 6.58. The summed E-state index contributed by atoms with van der Waals surface area (Å²) >= 11 is 0. The number of nitrogens with zero attached hydrogens (tertiary/aromatic N) is 4. The summed E-state index contributed by atoms with van der Waals surface area (Å²) in [6, 6.07) is 7.10. The lowest BCUT2D eigenvalue weighted by atomic mass is 10.0. The van der Waals surface area contributed by atoms with E-state index in [0.29, 0.717) is 5.69 Å². The van der Waals surface area contributed by atoms with Gasteiger partial charge in [-0.25, -0.2) is 32.1 Å². The van der Waals surface area contributed by atoms with E-state index in [-0.39, 0.29) is 23.2 Å². The van der Waals surface area contributed by atoms with E-state index in [4.69, 9.17) is 5.73 Å². The fourth-order valence-corrected chi connectivity index (χ4v) is 4.02. The van der Waals surface area contributed by atoms with Gasteiger partial charge in [-0.15, -0.1) is 0 Å². The fourth-order valence-electron chi connectivity index (χ4n) is 2.58. The van der Waals surface area contributed by atoms with Crippen LogP contribution in [-0.4, -0.2) is 47.4 Å². The number of hydrogen-bond donors (Lipinski definition) is 2. The number of hydrogen-bond acceptors (Lipinski definition) is 7. The molecule has 0 unspecified atom stereocenters. The monoisotopic (exact) mass is 392 g/mol. The number of pyridine rings is 2. The number of halogens is 1. The number of aliphatic imine (C=N–C) groups is 1. The highest BCUT2D eigenvalue weighted by atomic mass is 32.2. The minimum Gasteiger partial charge on any atom is -0.369 e. The zero-order valence-electron chi connectivity index (χ0n) is 14.5. The number of nitrogens with two attached hydrogens (primary N) is 1. The molecular formula is C16H17FN6O3S.